The smallest absolute Gasteiger partial charge is 0.274 e. The maximum absolute atomic E-state index is 13.1. The molecule has 3 rings (SSSR count). The first-order valence-electron chi connectivity index (χ1n) is 7.55. The SMILES string of the molecule is NC(=O)c1cc(S(=O)(=O)c2ccc(F)cc2)sc1NC(=O)c1ccc(F)cn1. The number of pyridine rings is 1. The number of carbonyl (C=O) groups excluding carboxylic acids is 2. The molecule has 11 heteroatoms. The van der Waals surface area contributed by atoms with Gasteiger partial charge in [-0.05, 0) is 42.5 Å². The third kappa shape index (κ3) is 3.89. The fourth-order valence-electron chi connectivity index (χ4n) is 2.18. The Morgan fingerprint density at radius 1 is 1.04 bits per heavy atom. The second kappa shape index (κ2) is 7.44. The van der Waals surface area contributed by atoms with Crippen molar-refractivity contribution < 1.29 is 26.8 Å². The summed E-state index contributed by atoms with van der Waals surface area (Å²) in [4.78, 5) is 27.3. The molecule has 0 bridgehead atoms. The van der Waals surface area contributed by atoms with E-state index < -0.39 is 33.3 Å². The van der Waals surface area contributed by atoms with Crippen molar-refractivity contribution in [1.29, 1.82) is 0 Å². The zero-order valence-electron chi connectivity index (χ0n) is 13.8. The number of thiophene rings is 1. The molecule has 0 aliphatic rings. The first-order valence-corrected chi connectivity index (χ1v) is 9.85. The molecule has 1 aromatic carbocycles. The van der Waals surface area contributed by atoms with Crippen LogP contribution >= 0.6 is 11.3 Å². The predicted octanol–water partition coefficient (Wildman–Crippen LogP) is 2.61. The van der Waals surface area contributed by atoms with E-state index in [4.69, 9.17) is 5.73 Å². The van der Waals surface area contributed by atoms with E-state index in [0.717, 1.165) is 48.7 Å². The number of nitrogens with zero attached hydrogens (tertiary/aromatic N) is 1. The normalized spacial score (nSPS) is 11.2. The van der Waals surface area contributed by atoms with Gasteiger partial charge in [0.05, 0.1) is 16.7 Å². The van der Waals surface area contributed by atoms with Crippen LogP contribution in [0.4, 0.5) is 13.8 Å². The van der Waals surface area contributed by atoms with Crippen LogP contribution in [0.5, 0.6) is 0 Å². The van der Waals surface area contributed by atoms with Crippen LogP contribution in [0.2, 0.25) is 0 Å². The number of hydrogen-bond acceptors (Lipinski definition) is 6. The van der Waals surface area contributed by atoms with Gasteiger partial charge in [-0.25, -0.2) is 22.2 Å². The summed E-state index contributed by atoms with van der Waals surface area (Å²) >= 11 is 0.604. The number of carbonyl (C=O) groups is 2. The van der Waals surface area contributed by atoms with Crippen molar-refractivity contribution in [1.82, 2.24) is 4.98 Å². The monoisotopic (exact) mass is 423 g/mol. The second-order valence-electron chi connectivity index (χ2n) is 5.45. The Hall–Kier alpha value is -3.18. The molecule has 0 aliphatic heterocycles. The summed E-state index contributed by atoms with van der Waals surface area (Å²) in [6.07, 6.45) is 0.836. The summed E-state index contributed by atoms with van der Waals surface area (Å²) in [6, 6.07) is 7.30. The molecule has 2 heterocycles. The van der Waals surface area contributed by atoms with E-state index in [9.17, 15) is 26.8 Å². The van der Waals surface area contributed by atoms with Crippen molar-refractivity contribution >= 4 is 38.0 Å². The third-order valence-corrected chi connectivity index (χ3v) is 6.84. The molecule has 0 radical (unpaired) electrons. The minimum absolute atomic E-state index is 0.107. The van der Waals surface area contributed by atoms with E-state index in [2.05, 4.69) is 10.3 Å². The van der Waals surface area contributed by atoms with Gasteiger partial charge in [-0.15, -0.1) is 11.3 Å². The number of nitrogens with two attached hydrogens (primary N) is 1. The number of anilines is 1. The highest BCUT2D eigenvalue weighted by atomic mass is 32.2. The average Bonchev–Trinajstić information content (AvgIpc) is 3.07. The first-order chi connectivity index (χ1) is 13.2. The number of aromatic nitrogens is 1. The lowest BCUT2D eigenvalue weighted by Crippen LogP contribution is -2.17. The quantitative estimate of drug-likeness (QED) is 0.612. The van der Waals surface area contributed by atoms with E-state index in [1.807, 2.05) is 0 Å². The zero-order valence-corrected chi connectivity index (χ0v) is 15.5. The van der Waals surface area contributed by atoms with Crippen molar-refractivity contribution in [3.8, 4) is 0 Å². The fourth-order valence-corrected chi connectivity index (χ4v) is 4.95. The van der Waals surface area contributed by atoms with Crippen LogP contribution < -0.4 is 11.1 Å². The van der Waals surface area contributed by atoms with E-state index in [0.29, 0.717) is 11.3 Å². The topological polar surface area (TPSA) is 119 Å². The molecule has 0 aliphatic carbocycles. The van der Waals surface area contributed by atoms with Gasteiger partial charge in [-0.3, -0.25) is 9.59 Å². The molecular weight excluding hydrogens is 412 g/mol. The molecular formula is C17H11F2N3O4S2. The number of nitrogens with one attached hydrogen (secondary N) is 1. The number of rotatable bonds is 5. The number of hydrogen-bond donors (Lipinski definition) is 2. The second-order valence-corrected chi connectivity index (χ2v) is 8.67. The summed E-state index contributed by atoms with van der Waals surface area (Å²) in [7, 11) is -4.07. The van der Waals surface area contributed by atoms with Gasteiger partial charge in [0.25, 0.3) is 11.8 Å². The lowest BCUT2D eigenvalue weighted by atomic mass is 10.3. The van der Waals surface area contributed by atoms with E-state index in [-0.39, 0.29) is 25.4 Å². The van der Waals surface area contributed by atoms with Gasteiger partial charge in [0.1, 0.15) is 26.5 Å². The highest BCUT2D eigenvalue weighted by Gasteiger charge is 2.25. The Morgan fingerprint density at radius 3 is 2.25 bits per heavy atom. The maximum atomic E-state index is 13.1. The van der Waals surface area contributed by atoms with Crippen molar-refractivity contribution in [3.63, 3.8) is 0 Å². The van der Waals surface area contributed by atoms with Crippen molar-refractivity contribution in [2.45, 2.75) is 9.10 Å². The van der Waals surface area contributed by atoms with Crippen molar-refractivity contribution in [2.75, 3.05) is 5.32 Å². The average molecular weight is 423 g/mol. The number of primary amides is 1. The lowest BCUT2D eigenvalue weighted by Gasteiger charge is -2.04. The molecule has 0 atom stereocenters. The lowest BCUT2D eigenvalue weighted by molar-refractivity contribution is 0.100. The molecule has 28 heavy (non-hydrogen) atoms. The minimum atomic E-state index is -4.07. The summed E-state index contributed by atoms with van der Waals surface area (Å²) in [5, 5.41) is 2.24. The Balaban J connectivity index is 1.98. The summed E-state index contributed by atoms with van der Waals surface area (Å²) in [6.45, 7) is 0. The highest BCUT2D eigenvalue weighted by Crippen LogP contribution is 2.34. The van der Waals surface area contributed by atoms with Crippen LogP contribution in [-0.2, 0) is 9.84 Å². The predicted molar refractivity (Wildman–Crippen MR) is 96.8 cm³/mol. The van der Waals surface area contributed by atoms with Crippen molar-refractivity contribution in [3.05, 3.63) is 71.6 Å². The Morgan fingerprint density at radius 2 is 1.68 bits per heavy atom. The molecule has 144 valence electrons. The molecule has 0 fully saturated rings. The van der Waals surface area contributed by atoms with Crippen LogP contribution in [0, 0.1) is 11.6 Å². The summed E-state index contributed by atoms with van der Waals surface area (Å²) in [5.74, 6) is -2.99. The van der Waals surface area contributed by atoms with E-state index >= 15 is 0 Å². The fraction of sp³-hybridized carbons (Fsp3) is 0. The van der Waals surface area contributed by atoms with Gasteiger partial charge in [-0.2, -0.15) is 0 Å². The van der Waals surface area contributed by atoms with Crippen LogP contribution in [0.1, 0.15) is 20.8 Å². The van der Waals surface area contributed by atoms with Gasteiger partial charge in [0.15, 0.2) is 0 Å². The molecule has 0 spiro atoms. The van der Waals surface area contributed by atoms with Crippen LogP contribution in [-0.4, -0.2) is 25.2 Å². The van der Waals surface area contributed by atoms with Gasteiger partial charge in [0, 0.05) is 0 Å². The Kier molecular flexibility index (Phi) is 5.21. The highest BCUT2D eigenvalue weighted by molar-refractivity contribution is 7.93. The maximum Gasteiger partial charge on any atom is 0.274 e. The number of amides is 2. The van der Waals surface area contributed by atoms with Crippen LogP contribution in [0.15, 0.2) is 57.8 Å². The number of halogens is 2. The Labute approximate surface area is 161 Å². The minimum Gasteiger partial charge on any atom is -0.366 e. The molecule has 0 unspecified atom stereocenters. The molecule has 2 aromatic heterocycles. The van der Waals surface area contributed by atoms with E-state index in [1.165, 1.54) is 0 Å². The van der Waals surface area contributed by atoms with Gasteiger partial charge in [-0.1, -0.05) is 0 Å². The molecule has 3 aromatic rings. The summed E-state index contributed by atoms with van der Waals surface area (Å²) < 4.78 is 51.1. The van der Waals surface area contributed by atoms with Crippen molar-refractivity contribution in [2.24, 2.45) is 5.73 Å². The van der Waals surface area contributed by atoms with Crippen LogP contribution in [0.3, 0.4) is 0 Å². The molecule has 7 nitrogen and oxygen atoms in total. The molecule has 2 amide bonds. The third-order valence-electron chi connectivity index (χ3n) is 3.55. The first kappa shape index (κ1) is 19.6. The Bertz CT molecular complexity index is 1160. The van der Waals surface area contributed by atoms with Gasteiger partial charge < -0.3 is 11.1 Å². The zero-order chi connectivity index (χ0) is 20.5. The number of sulfone groups is 1. The van der Waals surface area contributed by atoms with Gasteiger partial charge >= 0.3 is 0 Å². The largest absolute Gasteiger partial charge is 0.366 e. The standard InChI is InChI=1S/C17H11F2N3O4S2/c18-9-1-4-11(5-2-9)28(25,26)14-7-12(15(20)23)17(27-14)22-16(24)13-6-3-10(19)8-21-13/h1-8H,(H2,20,23)(H,22,24). The number of benzene rings is 1. The molecule has 3 N–H and O–H groups in total. The molecule has 0 saturated heterocycles. The van der Waals surface area contributed by atoms with Crippen LogP contribution in [0.25, 0.3) is 0 Å². The molecule has 0 saturated carbocycles. The summed E-state index contributed by atoms with van der Waals surface area (Å²) in [5.41, 5.74) is 4.90. The van der Waals surface area contributed by atoms with Gasteiger partial charge in [0.2, 0.25) is 9.84 Å². The van der Waals surface area contributed by atoms with E-state index in [1.54, 1.807) is 0 Å².